The van der Waals surface area contributed by atoms with Crippen molar-refractivity contribution in [1.29, 1.82) is 0 Å². The van der Waals surface area contributed by atoms with Crippen molar-refractivity contribution < 1.29 is 22.8 Å². The molecule has 0 aromatic heterocycles. The molecule has 0 spiro atoms. The lowest BCUT2D eigenvalue weighted by Crippen LogP contribution is -2.14. The van der Waals surface area contributed by atoms with Gasteiger partial charge in [0.15, 0.2) is 12.1 Å². The van der Waals surface area contributed by atoms with Crippen LogP contribution in [0.15, 0.2) is 12.1 Å². The topological polar surface area (TPSA) is 34.1 Å². The second kappa shape index (κ2) is 4.52. The average Bonchev–Trinajstić information content (AvgIpc) is 2.14. The summed E-state index contributed by atoms with van der Waals surface area (Å²) in [5.41, 5.74) is -1.53. The van der Waals surface area contributed by atoms with Crippen LogP contribution in [0.3, 0.4) is 0 Å². The van der Waals surface area contributed by atoms with E-state index in [1.54, 1.807) is 0 Å². The minimum Gasteiger partial charge on any atom is -0.298 e. The second-order valence-electron chi connectivity index (χ2n) is 3.06. The van der Waals surface area contributed by atoms with Crippen LogP contribution >= 0.6 is 22.6 Å². The largest absolute Gasteiger partial charge is 0.418 e. The van der Waals surface area contributed by atoms with Gasteiger partial charge < -0.3 is 0 Å². The highest BCUT2D eigenvalue weighted by Gasteiger charge is 2.37. The zero-order valence-corrected chi connectivity index (χ0v) is 10.2. The van der Waals surface area contributed by atoms with E-state index in [0.717, 1.165) is 6.07 Å². The molecule has 0 saturated heterocycles. The number of carbonyl (C=O) groups excluding carboxylic acids is 2. The van der Waals surface area contributed by atoms with E-state index in [1.807, 2.05) is 0 Å². The van der Waals surface area contributed by atoms with Crippen LogP contribution < -0.4 is 0 Å². The third kappa shape index (κ3) is 2.42. The molecule has 0 aliphatic rings. The third-order valence-electron chi connectivity index (χ3n) is 1.96. The second-order valence-corrected chi connectivity index (χ2v) is 4.14. The zero-order valence-electron chi connectivity index (χ0n) is 8.06. The van der Waals surface area contributed by atoms with Gasteiger partial charge >= 0.3 is 6.18 Å². The van der Waals surface area contributed by atoms with Crippen LogP contribution in [0.4, 0.5) is 13.2 Å². The van der Waals surface area contributed by atoms with Gasteiger partial charge in [0.2, 0.25) is 0 Å². The van der Waals surface area contributed by atoms with E-state index >= 15 is 0 Å². The highest BCUT2D eigenvalue weighted by atomic mass is 127. The maximum Gasteiger partial charge on any atom is 0.418 e. The first-order chi connectivity index (χ1) is 7.29. The molecule has 0 heterocycles. The van der Waals surface area contributed by atoms with Crippen LogP contribution in [0.1, 0.15) is 33.2 Å². The molecule has 0 bridgehead atoms. The quantitative estimate of drug-likeness (QED) is 0.469. The molecule has 16 heavy (non-hydrogen) atoms. The Bertz CT molecular complexity index is 452. The Balaban J connectivity index is 3.59. The van der Waals surface area contributed by atoms with E-state index < -0.39 is 23.1 Å². The molecule has 0 saturated carbocycles. The van der Waals surface area contributed by atoms with Gasteiger partial charge in [-0.2, -0.15) is 13.2 Å². The standard InChI is InChI=1S/C10H6F3IO2/c1-5(16)7-3-2-6(4-15)8(9(7)14)10(11,12)13/h2-4H,1H3. The Morgan fingerprint density at radius 1 is 1.38 bits per heavy atom. The van der Waals surface area contributed by atoms with Gasteiger partial charge in [-0.3, -0.25) is 9.59 Å². The number of hydrogen-bond acceptors (Lipinski definition) is 2. The van der Waals surface area contributed by atoms with Crippen LogP contribution in [0.2, 0.25) is 0 Å². The predicted octanol–water partition coefficient (Wildman–Crippen LogP) is 3.33. The molecule has 0 amide bonds. The van der Waals surface area contributed by atoms with Crippen molar-refractivity contribution in [3.8, 4) is 0 Å². The van der Waals surface area contributed by atoms with Gasteiger partial charge in [-0.25, -0.2) is 0 Å². The van der Waals surface area contributed by atoms with Crippen molar-refractivity contribution in [1.82, 2.24) is 0 Å². The first-order valence-electron chi connectivity index (χ1n) is 4.15. The molecule has 1 aromatic carbocycles. The number of carbonyl (C=O) groups is 2. The Labute approximate surface area is 103 Å². The lowest BCUT2D eigenvalue weighted by atomic mass is 10.0. The minimum absolute atomic E-state index is 0.0291. The zero-order chi connectivity index (χ0) is 12.5. The molecular weight excluding hydrogens is 336 g/mol. The Morgan fingerprint density at radius 3 is 2.31 bits per heavy atom. The lowest BCUT2D eigenvalue weighted by Gasteiger charge is -2.13. The van der Waals surface area contributed by atoms with Crippen molar-refractivity contribution >= 4 is 34.7 Å². The highest BCUT2D eigenvalue weighted by molar-refractivity contribution is 14.1. The smallest absolute Gasteiger partial charge is 0.298 e. The molecule has 0 radical (unpaired) electrons. The molecule has 0 atom stereocenters. The number of Topliss-reactive ketones (excluding diaryl/α,β-unsaturated/α-hetero) is 1. The molecular formula is C10H6F3IO2. The summed E-state index contributed by atoms with van der Waals surface area (Å²) in [5, 5.41) is 0. The maximum absolute atomic E-state index is 12.7. The fourth-order valence-electron chi connectivity index (χ4n) is 1.25. The van der Waals surface area contributed by atoms with Gasteiger partial charge in [0.1, 0.15) is 0 Å². The maximum atomic E-state index is 12.7. The fourth-order valence-corrected chi connectivity index (χ4v) is 2.43. The summed E-state index contributed by atoms with van der Waals surface area (Å²) >= 11 is 1.43. The average molecular weight is 342 g/mol. The highest BCUT2D eigenvalue weighted by Crippen LogP contribution is 2.36. The molecule has 0 unspecified atom stereocenters. The molecule has 1 aromatic rings. The van der Waals surface area contributed by atoms with Crippen molar-refractivity contribution in [3.63, 3.8) is 0 Å². The summed E-state index contributed by atoms with van der Waals surface area (Å²) in [7, 11) is 0. The van der Waals surface area contributed by atoms with Crippen LogP contribution in [-0.2, 0) is 6.18 Å². The van der Waals surface area contributed by atoms with E-state index in [-0.39, 0.29) is 15.4 Å². The summed E-state index contributed by atoms with van der Waals surface area (Å²) in [4.78, 5) is 21.6. The van der Waals surface area contributed by atoms with Gasteiger partial charge in [-0.1, -0.05) is 6.07 Å². The fraction of sp³-hybridized carbons (Fsp3) is 0.200. The van der Waals surface area contributed by atoms with Gasteiger partial charge in [-0.15, -0.1) is 0 Å². The number of hydrogen-bond donors (Lipinski definition) is 0. The first kappa shape index (κ1) is 13.1. The summed E-state index contributed by atoms with van der Waals surface area (Å²) in [6.45, 7) is 1.18. The first-order valence-corrected chi connectivity index (χ1v) is 5.22. The monoisotopic (exact) mass is 342 g/mol. The summed E-state index contributed by atoms with van der Waals surface area (Å²) in [5.74, 6) is -0.465. The molecule has 2 nitrogen and oxygen atoms in total. The van der Waals surface area contributed by atoms with E-state index in [0.29, 0.717) is 0 Å². The van der Waals surface area contributed by atoms with Crippen LogP contribution in [0.25, 0.3) is 0 Å². The Hall–Kier alpha value is -0.920. The molecule has 6 heteroatoms. The van der Waals surface area contributed by atoms with Crippen molar-refractivity contribution in [3.05, 3.63) is 32.4 Å². The number of halogens is 4. The number of aldehydes is 1. The number of rotatable bonds is 2. The number of benzene rings is 1. The molecule has 0 fully saturated rings. The van der Waals surface area contributed by atoms with Gasteiger partial charge in [-0.05, 0) is 35.6 Å². The van der Waals surface area contributed by atoms with Crippen molar-refractivity contribution in [2.75, 3.05) is 0 Å². The molecule has 0 aliphatic carbocycles. The van der Waals surface area contributed by atoms with Crippen LogP contribution in [0.5, 0.6) is 0 Å². The van der Waals surface area contributed by atoms with E-state index in [2.05, 4.69) is 0 Å². The predicted molar refractivity (Wildman–Crippen MR) is 59.6 cm³/mol. The van der Waals surface area contributed by atoms with E-state index in [9.17, 15) is 22.8 Å². The summed E-state index contributed by atoms with van der Waals surface area (Å²) < 4.78 is 37.8. The van der Waals surface area contributed by atoms with Gasteiger partial charge in [0.25, 0.3) is 0 Å². The number of ketones is 1. The van der Waals surface area contributed by atoms with E-state index in [1.165, 1.54) is 35.6 Å². The SMILES string of the molecule is CC(=O)c1ccc(C=O)c(C(F)(F)F)c1I. The van der Waals surface area contributed by atoms with Crippen molar-refractivity contribution in [2.24, 2.45) is 0 Å². The molecule has 1 rings (SSSR count). The normalized spacial score (nSPS) is 11.3. The third-order valence-corrected chi connectivity index (χ3v) is 3.08. The Kier molecular flexibility index (Phi) is 3.72. The van der Waals surface area contributed by atoms with Gasteiger partial charge in [0.05, 0.1) is 5.56 Å². The summed E-state index contributed by atoms with van der Waals surface area (Å²) in [6, 6.07) is 2.23. The lowest BCUT2D eigenvalue weighted by molar-refractivity contribution is -0.138. The minimum atomic E-state index is -4.64. The Morgan fingerprint density at radius 2 is 1.94 bits per heavy atom. The number of alkyl halides is 3. The molecule has 0 aliphatic heterocycles. The molecule has 86 valence electrons. The van der Waals surface area contributed by atoms with Crippen LogP contribution in [-0.4, -0.2) is 12.1 Å². The van der Waals surface area contributed by atoms with E-state index in [4.69, 9.17) is 0 Å². The van der Waals surface area contributed by atoms with Gasteiger partial charge in [0, 0.05) is 14.7 Å². The van der Waals surface area contributed by atoms with Crippen molar-refractivity contribution in [2.45, 2.75) is 13.1 Å². The molecule has 0 N–H and O–H groups in total. The summed E-state index contributed by atoms with van der Waals surface area (Å²) in [6.07, 6.45) is -4.51. The van der Waals surface area contributed by atoms with Crippen LogP contribution in [0, 0.1) is 3.57 Å².